The molecular weight excluding hydrogens is 274 g/mol. The summed E-state index contributed by atoms with van der Waals surface area (Å²) in [6.45, 7) is 1.74. The van der Waals surface area contributed by atoms with Gasteiger partial charge in [0.2, 0.25) is 11.8 Å². The summed E-state index contributed by atoms with van der Waals surface area (Å²) in [5.74, 6) is -1.59. The Hall–Kier alpha value is -2.41. The van der Waals surface area contributed by atoms with E-state index in [9.17, 15) is 14.4 Å². The zero-order valence-corrected chi connectivity index (χ0v) is 11.8. The number of hydrogen-bond donors (Lipinski definition) is 4. The fraction of sp³-hybridized carbons (Fsp3) is 0.357. The highest BCUT2D eigenvalue weighted by molar-refractivity contribution is 5.96. The van der Waals surface area contributed by atoms with Crippen molar-refractivity contribution in [2.45, 2.75) is 32.2 Å². The summed E-state index contributed by atoms with van der Waals surface area (Å²) < 4.78 is 0. The number of aliphatic carboxylic acids is 1. The first kappa shape index (κ1) is 16.6. The van der Waals surface area contributed by atoms with Gasteiger partial charge in [0.15, 0.2) is 0 Å². The van der Waals surface area contributed by atoms with Gasteiger partial charge in [0.05, 0.1) is 6.04 Å². The molecule has 1 unspecified atom stereocenters. The minimum atomic E-state index is -0.998. The molecule has 21 heavy (non-hydrogen) atoms. The summed E-state index contributed by atoms with van der Waals surface area (Å²) in [5, 5.41) is 13.8. The van der Waals surface area contributed by atoms with Gasteiger partial charge in [0.25, 0.3) is 0 Å². The van der Waals surface area contributed by atoms with Crippen LogP contribution in [0.4, 0.5) is 11.4 Å². The van der Waals surface area contributed by atoms with Gasteiger partial charge in [0, 0.05) is 24.2 Å². The number of carboxylic acid groups (broad SMARTS) is 1. The van der Waals surface area contributed by atoms with Crippen molar-refractivity contribution >= 4 is 29.2 Å². The average Bonchev–Trinajstić information content (AvgIpc) is 2.44. The maximum atomic E-state index is 11.8. The van der Waals surface area contributed by atoms with Gasteiger partial charge in [-0.2, -0.15) is 0 Å². The van der Waals surface area contributed by atoms with Gasteiger partial charge in [-0.25, -0.2) is 0 Å². The van der Waals surface area contributed by atoms with E-state index in [-0.39, 0.29) is 18.7 Å². The molecule has 0 aliphatic rings. The maximum Gasteiger partial charge on any atom is 0.303 e. The Labute approximate surface area is 122 Å². The smallest absolute Gasteiger partial charge is 0.303 e. The predicted molar refractivity (Wildman–Crippen MR) is 78.8 cm³/mol. The van der Waals surface area contributed by atoms with E-state index in [0.717, 1.165) is 0 Å². The second kappa shape index (κ2) is 8.01. The molecule has 7 heteroatoms. The molecule has 0 saturated carbocycles. The lowest BCUT2D eigenvalue weighted by molar-refractivity contribution is -0.137. The fourth-order valence-electron chi connectivity index (χ4n) is 1.57. The number of benzene rings is 1. The molecule has 0 aliphatic heterocycles. The molecule has 0 saturated heterocycles. The third kappa shape index (κ3) is 6.05. The van der Waals surface area contributed by atoms with E-state index in [4.69, 9.17) is 10.8 Å². The Morgan fingerprint density at radius 1 is 1.24 bits per heavy atom. The normalized spacial score (nSPS) is 11.5. The highest BCUT2D eigenvalue weighted by atomic mass is 16.4. The van der Waals surface area contributed by atoms with Crippen molar-refractivity contribution in [1.29, 1.82) is 0 Å². The number of hydrogen-bond acceptors (Lipinski definition) is 4. The summed E-state index contributed by atoms with van der Waals surface area (Å²) in [7, 11) is 0. The van der Waals surface area contributed by atoms with Crippen LogP contribution in [0.2, 0.25) is 0 Å². The molecule has 0 fully saturated rings. The largest absolute Gasteiger partial charge is 0.481 e. The number of anilines is 2. The van der Waals surface area contributed by atoms with Crippen LogP contribution in [0.5, 0.6) is 0 Å². The quantitative estimate of drug-likeness (QED) is 0.601. The lowest BCUT2D eigenvalue weighted by Crippen LogP contribution is -2.36. The van der Waals surface area contributed by atoms with Crippen LogP contribution in [0.15, 0.2) is 24.3 Å². The van der Waals surface area contributed by atoms with E-state index >= 15 is 0 Å². The SMILES string of the molecule is CCC(=O)Nc1cccc(NC(=O)C(N)CCC(=O)O)c1. The van der Waals surface area contributed by atoms with Gasteiger partial charge in [-0.1, -0.05) is 13.0 Å². The van der Waals surface area contributed by atoms with Crippen molar-refractivity contribution in [1.82, 2.24) is 0 Å². The third-order valence-electron chi connectivity index (χ3n) is 2.74. The van der Waals surface area contributed by atoms with Gasteiger partial charge in [-0.3, -0.25) is 14.4 Å². The minimum Gasteiger partial charge on any atom is -0.481 e. The third-order valence-corrected chi connectivity index (χ3v) is 2.74. The molecule has 1 rings (SSSR count). The van der Waals surface area contributed by atoms with Crippen LogP contribution < -0.4 is 16.4 Å². The van der Waals surface area contributed by atoms with Crippen molar-refractivity contribution in [3.63, 3.8) is 0 Å². The van der Waals surface area contributed by atoms with Crippen molar-refractivity contribution in [3.05, 3.63) is 24.3 Å². The average molecular weight is 293 g/mol. The van der Waals surface area contributed by atoms with Crippen molar-refractivity contribution in [2.24, 2.45) is 5.73 Å². The van der Waals surface area contributed by atoms with E-state index < -0.39 is 17.9 Å². The Kier molecular flexibility index (Phi) is 6.35. The summed E-state index contributed by atoms with van der Waals surface area (Å²) >= 11 is 0. The maximum absolute atomic E-state index is 11.8. The summed E-state index contributed by atoms with van der Waals surface area (Å²) in [6, 6.07) is 5.76. The molecule has 1 aromatic rings. The standard InChI is InChI=1S/C14H19N3O4/c1-2-12(18)16-9-4-3-5-10(8-9)17-14(21)11(15)6-7-13(19)20/h3-5,8,11H,2,6-7,15H2,1H3,(H,16,18)(H,17,21)(H,19,20). The van der Waals surface area contributed by atoms with Crippen molar-refractivity contribution < 1.29 is 19.5 Å². The van der Waals surface area contributed by atoms with E-state index in [0.29, 0.717) is 17.8 Å². The van der Waals surface area contributed by atoms with Crippen LogP contribution in [-0.4, -0.2) is 28.9 Å². The first-order valence-electron chi connectivity index (χ1n) is 6.60. The van der Waals surface area contributed by atoms with E-state index in [2.05, 4.69) is 10.6 Å². The fourth-order valence-corrected chi connectivity index (χ4v) is 1.57. The van der Waals surface area contributed by atoms with Crippen LogP contribution in [0.3, 0.4) is 0 Å². The first-order chi connectivity index (χ1) is 9.92. The zero-order chi connectivity index (χ0) is 15.8. The Bertz CT molecular complexity index is 531. The Morgan fingerprint density at radius 3 is 2.43 bits per heavy atom. The van der Waals surface area contributed by atoms with Crippen LogP contribution >= 0.6 is 0 Å². The number of carbonyl (C=O) groups excluding carboxylic acids is 2. The topological polar surface area (TPSA) is 122 Å². The molecule has 1 atom stereocenters. The number of amides is 2. The van der Waals surface area contributed by atoms with Crippen molar-refractivity contribution in [2.75, 3.05) is 10.6 Å². The number of nitrogens with two attached hydrogens (primary N) is 1. The van der Waals surface area contributed by atoms with Crippen LogP contribution in [0, 0.1) is 0 Å². The zero-order valence-electron chi connectivity index (χ0n) is 11.8. The van der Waals surface area contributed by atoms with Gasteiger partial charge < -0.3 is 21.5 Å². The molecule has 7 nitrogen and oxygen atoms in total. The van der Waals surface area contributed by atoms with E-state index in [1.165, 1.54) is 0 Å². The second-order valence-electron chi connectivity index (χ2n) is 4.51. The van der Waals surface area contributed by atoms with Gasteiger partial charge in [0.1, 0.15) is 0 Å². The molecule has 0 aliphatic carbocycles. The Balaban J connectivity index is 2.61. The predicted octanol–water partition coefficient (Wildman–Crippen LogP) is 1.17. The molecule has 0 bridgehead atoms. The van der Waals surface area contributed by atoms with Crippen LogP contribution in [0.1, 0.15) is 26.2 Å². The number of rotatable bonds is 7. The van der Waals surface area contributed by atoms with Gasteiger partial charge in [-0.15, -0.1) is 0 Å². The summed E-state index contributed by atoms with van der Waals surface area (Å²) in [6.07, 6.45) is 0.255. The molecule has 5 N–H and O–H groups in total. The number of carbonyl (C=O) groups is 3. The van der Waals surface area contributed by atoms with Gasteiger partial charge in [-0.05, 0) is 24.6 Å². The van der Waals surface area contributed by atoms with E-state index in [1.807, 2.05) is 0 Å². The van der Waals surface area contributed by atoms with Crippen LogP contribution in [-0.2, 0) is 14.4 Å². The lowest BCUT2D eigenvalue weighted by Gasteiger charge is -2.12. The van der Waals surface area contributed by atoms with Crippen LogP contribution in [0.25, 0.3) is 0 Å². The first-order valence-corrected chi connectivity index (χ1v) is 6.60. The highest BCUT2D eigenvalue weighted by Crippen LogP contribution is 2.15. The number of carboxylic acids is 1. The Morgan fingerprint density at radius 2 is 1.86 bits per heavy atom. The molecule has 0 spiro atoms. The summed E-state index contributed by atoms with van der Waals surface area (Å²) in [4.78, 5) is 33.5. The second-order valence-corrected chi connectivity index (χ2v) is 4.51. The molecular formula is C14H19N3O4. The lowest BCUT2D eigenvalue weighted by atomic mass is 10.1. The number of nitrogens with one attached hydrogen (secondary N) is 2. The molecule has 0 aromatic heterocycles. The summed E-state index contributed by atoms with van der Waals surface area (Å²) in [5.41, 5.74) is 6.66. The van der Waals surface area contributed by atoms with E-state index in [1.54, 1.807) is 31.2 Å². The monoisotopic (exact) mass is 293 g/mol. The molecule has 114 valence electrons. The minimum absolute atomic E-state index is 0.0629. The highest BCUT2D eigenvalue weighted by Gasteiger charge is 2.15. The van der Waals surface area contributed by atoms with Crippen molar-refractivity contribution in [3.8, 4) is 0 Å². The molecule has 2 amide bonds. The molecule has 0 heterocycles. The molecule has 0 radical (unpaired) electrons. The molecule has 1 aromatic carbocycles. The van der Waals surface area contributed by atoms with Gasteiger partial charge >= 0.3 is 5.97 Å².